The van der Waals surface area contributed by atoms with Crippen molar-refractivity contribution in [1.82, 2.24) is 4.98 Å². The number of benzene rings is 2. The van der Waals surface area contributed by atoms with E-state index >= 15 is 0 Å². The summed E-state index contributed by atoms with van der Waals surface area (Å²) in [5.74, 6) is 0. The molecule has 0 saturated heterocycles. The Labute approximate surface area is 150 Å². The smallest absolute Gasteiger partial charge is 0.262 e. The Morgan fingerprint density at radius 2 is 1.72 bits per heavy atom. The van der Waals surface area contributed by atoms with Gasteiger partial charge < -0.3 is 0 Å². The van der Waals surface area contributed by atoms with Crippen molar-refractivity contribution < 1.29 is 16.8 Å². The summed E-state index contributed by atoms with van der Waals surface area (Å²) < 4.78 is 51.7. The van der Waals surface area contributed by atoms with Crippen LogP contribution >= 0.6 is 11.3 Å². The Kier molecular flexibility index (Phi) is 4.34. The second-order valence-corrected chi connectivity index (χ2v) is 10.7. The highest BCUT2D eigenvalue weighted by molar-refractivity contribution is 7.93. The minimum absolute atomic E-state index is 0.0111. The molecular formula is C16H16N2O4S3. The lowest BCUT2D eigenvalue weighted by molar-refractivity contribution is 0.599. The van der Waals surface area contributed by atoms with Gasteiger partial charge in [0.25, 0.3) is 10.0 Å². The van der Waals surface area contributed by atoms with E-state index in [0.29, 0.717) is 21.5 Å². The summed E-state index contributed by atoms with van der Waals surface area (Å²) in [6, 6.07) is 9.98. The van der Waals surface area contributed by atoms with Crippen LogP contribution in [-0.2, 0) is 19.9 Å². The summed E-state index contributed by atoms with van der Waals surface area (Å²) in [7, 11) is -7.14. The van der Waals surface area contributed by atoms with Gasteiger partial charge in [-0.3, -0.25) is 4.72 Å². The maximum atomic E-state index is 12.7. The maximum absolute atomic E-state index is 12.7. The topological polar surface area (TPSA) is 93.2 Å². The van der Waals surface area contributed by atoms with E-state index in [4.69, 9.17) is 0 Å². The predicted molar refractivity (Wildman–Crippen MR) is 99.5 cm³/mol. The van der Waals surface area contributed by atoms with E-state index in [0.717, 1.165) is 23.2 Å². The first-order chi connectivity index (χ1) is 11.6. The van der Waals surface area contributed by atoms with Crippen molar-refractivity contribution >= 4 is 47.1 Å². The molecule has 0 aliphatic carbocycles. The molecule has 0 aliphatic heterocycles. The van der Waals surface area contributed by atoms with Crippen LogP contribution in [0.3, 0.4) is 0 Å². The van der Waals surface area contributed by atoms with Crippen LogP contribution in [-0.4, -0.2) is 28.1 Å². The Bertz CT molecular complexity index is 1180. The van der Waals surface area contributed by atoms with Gasteiger partial charge in [-0.05, 0) is 49.2 Å². The molecule has 0 bridgehead atoms. The number of thiazole rings is 1. The summed E-state index contributed by atoms with van der Waals surface area (Å²) in [5, 5.41) is 0. The van der Waals surface area contributed by atoms with Gasteiger partial charge in [-0.2, -0.15) is 0 Å². The van der Waals surface area contributed by atoms with E-state index in [1.165, 1.54) is 0 Å². The molecule has 9 heteroatoms. The van der Waals surface area contributed by atoms with Gasteiger partial charge in [0.05, 0.1) is 20.8 Å². The molecular weight excluding hydrogens is 380 g/mol. The van der Waals surface area contributed by atoms with Gasteiger partial charge >= 0.3 is 0 Å². The lowest BCUT2D eigenvalue weighted by Gasteiger charge is -2.11. The van der Waals surface area contributed by atoms with Crippen molar-refractivity contribution in [2.75, 3.05) is 11.0 Å². The van der Waals surface area contributed by atoms with E-state index in [-0.39, 0.29) is 9.24 Å². The quantitative estimate of drug-likeness (QED) is 0.731. The van der Waals surface area contributed by atoms with Crippen LogP contribution in [0.15, 0.2) is 45.6 Å². The van der Waals surface area contributed by atoms with Crippen LogP contribution in [0, 0.1) is 13.8 Å². The molecule has 1 heterocycles. The van der Waals surface area contributed by atoms with Crippen molar-refractivity contribution in [1.29, 1.82) is 0 Å². The number of sulfonamides is 1. The molecule has 0 atom stereocenters. The summed E-state index contributed by atoms with van der Waals surface area (Å²) >= 11 is 1.01. The molecule has 3 rings (SSSR count). The summed E-state index contributed by atoms with van der Waals surface area (Å²) in [4.78, 5) is 4.28. The number of nitrogens with one attached hydrogen (secondary N) is 1. The minimum Gasteiger partial charge on any atom is -0.280 e. The Balaban J connectivity index is 2.01. The molecule has 0 fully saturated rings. The molecule has 2 aromatic carbocycles. The van der Waals surface area contributed by atoms with Crippen molar-refractivity contribution in [2.24, 2.45) is 0 Å². The fraction of sp³-hybridized carbons (Fsp3) is 0.188. The fourth-order valence-corrected chi connectivity index (χ4v) is 5.59. The average Bonchev–Trinajstić information content (AvgIpc) is 2.92. The van der Waals surface area contributed by atoms with Crippen LogP contribution in [0.2, 0.25) is 0 Å². The zero-order valence-electron chi connectivity index (χ0n) is 13.8. The number of hydrogen-bond donors (Lipinski definition) is 1. The summed E-state index contributed by atoms with van der Waals surface area (Å²) in [5.41, 5.74) is 2.37. The second-order valence-electron chi connectivity index (χ2n) is 5.81. The van der Waals surface area contributed by atoms with Gasteiger partial charge in [0.15, 0.2) is 0 Å². The minimum atomic E-state index is -3.74. The number of rotatable bonds is 4. The first kappa shape index (κ1) is 17.8. The molecule has 132 valence electrons. The van der Waals surface area contributed by atoms with Crippen molar-refractivity contribution in [3.8, 4) is 0 Å². The van der Waals surface area contributed by atoms with Gasteiger partial charge in [-0.1, -0.05) is 12.1 Å². The zero-order chi connectivity index (χ0) is 18.4. The van der Waals surface area contributed by atoms with Crippen molar-refractivity contribution in [3.63, 3.8) is 0 Å². The normalized spacial score (nSPS) is 12.4. The molecule has 0 spiro atoms. The SMILES string of the molecule is Cc1ccc(C)c(S(=O)(=O)Nc2ccc3nc(S(C)(=O)=O)sc3c2)c1. The Morgan fingerprint density at radius 1 is 1.00 bits per heavy atom. The van der Waals surface area contributed by atoms with Crippen molar-refractivity contribution in [3.05, 3.63) is 47.5 Å². The summed E-state index contributed by atoms with van der Waals surface area (Å²) in [6.45, 7) is 3.56. The molecule has 6 nitrogen and oxygen atoms in total. The van der Waals surface area contributed by atoms with E-state index in [1.807, 2.05) is 13.0 Å². The molecule has 25 heavy (non-hydrogen) atoms. The third-order valence-corrected chi connectivity index (χ3v) is 7.79. The van der Waals surface area contributed by atoms with Gasteiger partial charge in [0.2, 0.25) is 14.2 Å². The lowest BCUT2D eigenvalue weighted by Crippen LogP contribution is -2.14. The van der Waals surface area contributed by atoms with E-state index in [9.17, 15) is 16.8 Å². The molecule has 1 N–H and O–H groups in total. The molecule has 0 unspecified atom stereocenters. The number of fused-ring (bicyclic) bond motifs is 1. The first-order valence-corrected chi connectivity index (χ1v) is 11.5. The predicted octanol–water partition coefficient (Wildman–Crippen LogP) is 3.12. The highest BCUT2D eigenvalue weighted by Gasteiger charge is 2.18. The van der Waals surface area contributed by atoms with Gasteiger partial charge in [0.1, 0.15) is 0 Å². The number of hydrogen-bond acceptors (Lipinski definition) is 6. The zero-order valence-corrected chi connectivity index (χ0v) is 16.2. The third kappa shape index (κ3) is 3.68. The fourth-order valence-electron chi connectivity index (χ4n) is 2.33. The highest BCUT2D eigenvalue weighted by Crippen LogP contribution is 2.29. The van der Waals surface area contributed by atoms with Crippen LogP contribution in [0.5, 0.6) is 0 Å². The lowest BCUT2D eigenvalue weighted by atomic mass is 10.2. The van der Waals surface area contributed by atoms with Crippen LogP contribution < -0.4 is 4.72 Å². The van der Waals surface area contributed by atoms with Gasteiger partial charge in [-0.25, -0.2) is 21.8 Å². The molecule has 0 aliphatic rings. The van der Waals surface area contributed by atoms with Gasteiger partial charge in [0, 0.05) is 6.26 Å². The number of aryl methyl sites for hydroxylation is 2. The highest BCUT2D eigenvalue weighted by atomic mass is 32.2. The van der Waals surface area contributed by atoms with Crippen LogP contribution in [0.1, 0.15) is 11.1 Å². The molecule has 1 aromatic heterocycles. The molecule has 0 radical (unpaired) electrons. The van der Waals surface area contributed by atoms with E-state index in [2.05, 4.69) is 9.71 Å². The number of aromatic nitrogens is 1. The second kappa shape index (κ2) is 6.08. The van der Waals surface area contributed by atoms with E-state index < -0.39 is 19.9 Å². The number of sulfone groups is 1. The monoisotopic (exact) mass is 396 g/mol. The van der Waals surface area contributed by atoms with Gasteiger partial charge in [-0.15, -0.1) is 11.3 Å². The van der Waals surface area contributed by atoms with E-state index in [1.54, 1.807) is 37.3 Å². The first-order valence-electron chi connectivity index (χ1n) is 7.27. The van der Waals surface area contributed by atoms with Crippen LogP contribution in [0.25, 0.3) is 10.2 Å². The Hall–Kier alpha value is -1.97. The maximum Gasteiger partial charge on any atom is 0.262 e. The molecule has 0 amide bonds. The average molecular weight is 397 g/mol. The van der Waals surface area contributed by atoms with Crippen LogP contribution in [0.4, 0.5) is 5.69 Å². The largest absolute Gasteiger partial charge is 0.280 e. The standard InChI is InChI=1S/C16H16N2O4S3/c1-10-4-5-11(2)15(8-10)25(21,22)18-12-6-7-13-14(9-12)23-16(17-13)24(3,19)20/h4-9,18H,1-3H3. The van der Waals surface area contributed by atoms with Crippen molar-refractivity contribution in [2.45, 2.75) is 23.1 Å². The number of anilines is 1. The molecule has 0 saturated carbocycles. The summed E-state index contributed by atoms with van der Waals surface area (Å²) in [6.07, 6.45) is 1.09. The Morgan fingerprint density at radius 3 is 2.40 bits per heavy atom. The molecule has 3 aromatic rings. The number of nitrogens with zero attached hydrogens (tertiary/aromatic N) is 1. The third-order valence-electron chi connectivity index (χ3n) is 3.57.